The average Bonchev–Trinajstić information content (AvgIpc) is 2.75. The van der Waals surface area contributed by atoms with Crippen molar-refractivity contribution in [2.45, 2.75) is 6.17 Å². The number of hydrogen-bond acceptors (Lipinski definition) is 7. The van der Waals surface area contributed by atoms with Crippen LogP contribution in [0.2, 0.25) is 0 Å². The molecule has 0 bridgehead atoms. The number of anilines is 2. The van der Waals surface area contributed by atoms with Crippen LogP contribution >= 0.6 is 0 Å². The molecule has 30 heavy (non-hydrogen) atoms. The Kier molecular flexibility index (Phi) is 4.82. The van der Waals surface area contributed by atoms with E-state index in [9.17, 15) is 19.5 Å². The van der Waals surface area contributed by atoms with Crippen LogP contribution < -0.4 is 28.7 Å². The quantitative estimate of drug-likeness (QED) is 0.778. The maximum Gasteiger partial charge on any atom is 0.348 e. The SMILES string of the molecule is COc1ccc2c(c1)N(C(C(=O)O)N1C(=O)COc3ccc(OC)cc31)C(=O)CO2. The van der Waals surface area contributed by atoms with Gasteiger partial charge in [-0.25, -0.2) is 4.79 Å². The number of benzene rings is 2. The van der Waals surface area contributed by atoms with Crippen LogP contribution in [0, 0.1) is 0 Å². The molecule has 2 aromatic rings. The molecule has 0 fully saturated rings. The molecule has 2 aliphatic heterocycles. The molecule has 2 heterocycles. The molecule has 0 spiro atoms. The Bertz CT molecular complexity index is 962. The maximum absolute atomic E-state index is 12.8. The van der Waals surface area contributed by atoms with Crippen LogP contribution in [0.3, 0.4) is 0 Å². The van der Waals surface area contributed by atoms with E-state index in [1.54, 1.807) is 24.3 Å². The van der Waals surface area contributed by atoms with Gasteiger partial charge < -0.3 is 24.1 Å². The van der Waals surface area contributed by atoms with Crippen molar-refractivity contribution in [3.8, 4) is 23.0 Å². The van der Waals surface area contributed by atoms with Crippen LogP contribution in [-0.4, -0.2) is 56.5 Å². The van der Waals surface area contributed by atoms with E-state index in [-0.39, 0.29) is 24.6 Å². The molecule has 0 aromatic heterocycles. The van der Waals surface area contributed by atoms with E-state index in [1.807, 2.05) is 0 Å². The minimum absolute atomic E-state index is 0.182. The first-order chi connectivity index (χ1) is 14.4. The van der Waals surface area contributed by atoms with E-state index in [2.05, 4.69) is 0 Å². The number of nitrogens with zero attached hydrogens (tertiary/aromatic N) is 2. The number of fused-ring (bicyclic) bond motifs is 2. The molecule has 10 heteroatoms. The summed E-state index contributed by atoms with van der Waals surface area (Å²) in [5.41, 5.74) is 0.364. The van der Waals surface area contributed by atoms with Gasteiger partial charge in [-0.3, -0.25) is 19.4 Å². The van der Waals surface area contributed by atoms with Gasteiger partial charge in [-0.05, 0) is 24.3 Å². The molecule has 4 rings (SSSR count). The Morgan fingerprint density at radius 2 is 1.33 bits per heavy atom. The molecular formula is C20H18N2O8. The normalized spacial score (nSPS) is 15.2. The number of ether oxygens (including phenoxy) is 4. The summed E-state index contributed by atoms with van der Waals surface area (Å²) >= 11 is 0. The fourth-order valence-electron chi connectivity index (χ4n) is 3.43. The second kappa shape index (κ2) is 7.47. The van der Waals surface area contributed by atoms with E-state index in [4.69, 9.17) is 18.9 Å². The minimum atomic E-state index is -1.67. The second-order valence-corrected chi connectivity index (χ2v) is 6.48. The highest BCUT2D eigenvalue weighted by Gasteiger charge is 2.45. The lowest BCUT2D eigenvalue weighted by Gasteiger charge is -2.41. The van der Waals surface area contributed by atoms with Gasteiger partial charge in [0.05, 0.1) is 25.6 Å². The molecule has 2 aliphatic rings. The van der Waals surface area contributed by atoms with Crippen molar-refractivity contribution in [3.05, 3.63) is 36.4 Å². The Hall–Kier alpha value is -3.95. The molecule has 0 unspecified atom stereocenters. The van der Waals surface area contributed by atoms with Gasteiger partial charge in [0.25, 0.3) is 11.8 Å². The van der Waals surface area contributed by atoms with Gasteiger partial charge in [0, 0.05) is 12.1 Å². The summed E-state index contributed by atoms with van der Waals surface area (Å²) < 4.78 is 21.3. The first-order valence-corrected chi connectivity index (χ1v) is 8.93. The number of rotatable bonds is 5. The third-order valence-corrected chi connectivity index (χ3v) is 4.80. The van der Waals surface area contributed by atoms with Gasteiger partial charge in [0.2, 0.25) is 6.17 Å². The first kappa shape index (κ1) is 19.4. The van der Waals surface area contributed by atoms with Gasteiger partial charge in [-0.1, -0.05) is 0 Å². The predicted molar refractivity (Wildman–Crippen MR) is 103 cm³/mol. The zero-order valence-electron chi connectivity index (χ0n) is 16.2. The number of carbonyl (C=O) groups excluding carboxylic acids is 2. The van der Waals surface area contributed by atoms with E-state index in [0.717, 1.165) is 9.80 Å². The molecule has 1 N–H and O–H groups in total. The van der Waals surface area contributed by atoms with Crippen molar-refractivity contribution in [2.75, 3.05) is 37.2 Å². The zero-order chi connectivity index (χ0) is 21.4. The molecular weight excluding hydrogens is 396 g/mol. The summed E-state index contributed by atoms with van der Waals surface area (Å²) in [5.74, 6) is -1.24. The molecule has 2 aromatic carbocycles. The lowest BCUT2D eigenvalue weighted by atomic mass is 10.1. The van der Waals surface area contributed by atoms with Crippen LogP contribution in [0.15, 0.2) is 36.4 Å². The zero-order valence-corrected chi connectivity index (χ0v) is 16.2. The van der Waals surface area contributed by atoms with Crippen molar-refractivity contribution in [1.29, 1.82) is 0 Å². The number of methoxy groups -OCH3 is 2. The Labute approximate surface area is 171 Å². The smallest absolute Gasteiger partial charge is 0.348 e. The van der Waals surface area contributed by atoms with Gasteiger partial charge >= 0.3 is 5.97 Å². The van der Waals surface area contributed by atoms with Gasteiger partial charge in [-0.2, -0.15) is 0 Å². The second-order valence-electron chi connectivity index (χ2n) is 6.48. The van der Waals surface area contributed by atoms with Crippen molar-refractivity contribution >= 4 is 29.2 Å². The highest BCUT2D eigenvalue weighted by atomic mass is 16.5. The molecule has 156 valence electrons. The lowest BCUT2D eigenvalue weighted by molar-refractivity contribution is -0.142. The van der Waals surface area contributed by atoms with E-state index in [0.29, 0.717) is 23.0 Å². The summed E-state index contributed by atoms with van der Waals surface area (Å²) in [6.07, 6.45) is -1.67. The Morgan fingerprint density at radius 1 is 0.900 bits per heavy atom. The fourth-order valence-corrected chi connectivity index (χ4v) is 3.43. The monoisotopic (exact) mass is 414 g/mol. The molecule has 0 radical (unpaired) electrons. The van der Waals surface area contributed by atoms with E-state index < -0.39 is 23.9 Å². The standard InChI is InChI=1S/C20H18N2O8/c1-27-11-3-5-15-13(7-11)21(17(23)9-29-15)19(20(25)26)22-14-8-12(28-2)4-6-16(14)30-10-18(22)24/h3-8,19H,9-10H2,1-2H3,(H,25,26). The van der Waals surface area contributed by atoms with E-state index >= 15 is 0 Å². The summed E-state index contributed by atoms with van der Waals surface area (Å²) in [6.45, 7) is -0.737. The Morgan fingerprint density at radius 3 is 1.70 bits per heavy atom. The minimum Gasteiger partial charge on any atom is -0.497 e. The molecule has 2 amide bonds. The number of amides is 2. The van der Waals surface area contributed by atoms with Crippen LogP contribution in [0.5, 0.6) is 23.0 Å². The van der Waals surface area contributed by atoms with Crippen LogP contribution in [-0.2, 0) is 14.4 Å². The maximum atomic E-state index is 12.8. The summed E-state index contributed by atoms with van der Waals surface area (Å²) in [4.78, 5) is 40.0. The predicted octanol–water partition coefficient (Wildman–Crippen LogP) is 1.27. The molecule has 0 atom stereocenters. The topological polar surface area (TPSA) is 115 Å². The van der Waals surface area contributed by atoms with Crippen molar-refractivity contribution < 1.29 is 38.4 Å². The van der Waals surface area contributed by atoms with Gasteiger partial charge in [0.15, 0.2) is 13.2 Å². The number of carbonyl (C=O) groups is 3. The molecule has 0 aliphatic carbocycles. The molecule has 0 saturated heterocycles. The third kappa shape index (κ3) is 3.11. The summed E-state index contributed by atoms with van der Waals surface area (Å²) in [6, 6.07) is 9.38. The van der Waals surface area contributed by atoms with Crippen molar-refractivity contribution in [3.63, 3.8) is 0 Å². The Balaban J connectivity index is 1.88. The van der Waals surface area contributed by atoms with Crippen LogP contribution in [0.1, 0.15) is 0 Å². The lowest BCUT2D eigenvalue weighted by Crippen LogP contribution is -2.61. The summed E-state index contributed by atoms with van der Waals surface area (Å²) in [7, 11) is 2.89. The highest BCUT2D eigenvalue weighted by molar-refractivity contribution is 6.09. The largest absolute Gasteiger partial charge is 0.497 e. The molecule has 10 nitrogen and oxygen atoms in total. The fraction of sp³-hybridized carbons (Fsp3) is 0.250. The number of carboxylic acids is 1. The van der Waals surface area contributed by atoms with Crippen molar-refractivity contribution in [2.24, 2.45) is 0 Å². The van der Waals surface area contributed by atoms with Gasteiger partial charge in [-0.15, -0.1) is 0 Å². The highest BCUT2D eigenvalue weighted by Crippen LogP contribution is 2.41. The average molecular weight is 414 g/mol. The third-order valence-electron chi connectivity index (χ3n) is 4.80. The van der Waals surface area contributed by atoms with E-state index in [1.165, 1.54) is 26.4 Å². The number of aliphatic carboxylic acids is 1. The van der Waals surface area contributed by atoms with Crippen molar-refractivity contribution in [1.82, 2.24) is 0 Å². The number of carboxylic acid groups (broad SMARTS) is 1. The van der Waals surface area contributed by atoms with Crippen LogP contribution in [0.25, 0.3) is 0 Å². The van der Waals surface area contributed by atoms with Crippen LogP contribution in [0.4, 0.5) is 11.4 Å². The van der Waals surface area contributed by atoms with Gasteiger partial charge in [0.1, 0.15) is 23.0 Å². The first-order valence-electron chi connectivity index (χ1n) is 8.93. The molecule has 0 saturated carbocycles. The number of hydrogen-bond donors (Lipinski definition) is 1. The summed E-state index contributed by atoms with van der Waals surface area (Å²) in [5, 5.41) is 10.1.